The third kappa shape index (κ3) is 3.95. The van der Waals surface area contributed by atoms with E-state index in [0.29, 0.717) is 17.1 Å². The summed E-state index contributed by atoms with van der Waals surface area (Å²) >= 11 is 5.75. The van der Waals surface area contributed by atoms with Gasteiger partial charge in [-0.25, -0.2) is 4.39 Å². The number of ether oxygens (including phenoxy) is 1. The number of carbonyl (C=O) groups excluding carboxylic acids is 1. The minimum atomic E-state index is -0.900. The van der Waals surface area contributed by atoms with Gasteiger partial charge in [-0.15, -0.1) is 0 Å². The highest BCUT2D eigenvalue weighted by atomic mass is 35.5. The van der Waals surface area contributed by atoms with Crippen molar-refractivity contribution in [2.75, 3.05) is 19.8 Å². The van der Waals surface area contributed by atoms with Crippen LogP contribution in [0.1, 0.15) is 19.4 Å². The molecule has 0 spiro atoms. The summed E-state index contributed by atoms with van der Waals surface area (Å²) in [5.41, 5.74) is -0.551. The summed E-state index contributed by atoms with van der Waals surface area (Å²) in [6, 6.07) is 4.19. The Morgan fingerprint density at radius 3 is 2.86 bits per heavy atom. The van der Waals surface area contributed by atoms with Crippen molar-refractivity contribution in [1.29, 1.82) is 0 Å². The third-order valence-electron chi connectivity index (χ3n) is 3.64. The summed E-state index contributed by atoms with van der Waals surface area (Å²) in [7, 11) is 0. The number of rotatable bonds is 4. The van der Waals surface area contributed by atoms with Gasteiger partial charge < -0.3 is 20.5 Å². The molecule has 0 radical (unpaired) electrons. The zero-order valence-electron chi connectivity index (χ0n) is 12.5. The van der Waals surface area contributed by atoms with E-state index in [1.807, 2.05) is 0 Å². The molecule has 1 amide bonds. The van der Waals surface area contributed by atoms with Crippen molar-refractivity contribution in [3.63, 3.8) is 0 Å². The predicted molar refractivity (Wildman–Crippen MR) is 81.2 cm³/mol. The third-order valence-corrected chi connectivity index (χ3v) is 3.88. The quantitative estimate of drug-likeness (QED) is 0.775. The molecule has 122 valence electrons. The summed E-state index contributed by atoms with van der Waals surface area (Å²) in [4.78, 5) is 12.3. The van der Waals surface area contributed by atoms with Crippen molar-refractivity contribution >= 4 is 17.5 Å². The lowest BCUT2D eigenvalue weighted by Gasteiger charge is -2.33. The molecule has 22 heavy (non-hydrogen) atoms. The predicted octanol–water partition coefficient (Wildman–Crippen LogP) is 1.18. The van der Waals surface area contributed by atoms with Gasteiger partial charge in [-0.2, -0.15) is 0 Å². The molecule has 5 nitrogen and oxygen atoms in total. The highest BCUT2D eigenvalue weighted by molar-refractivity contribution is 6.30. The van der Waals surface area contributed by atoms with Crippen LogP contribution in [0.25, 0.3) is 0 Å². The molecule has 1 aromatic carbocycles. The Balaban J connectivity index is 2.03. The number of aliphatic hydroxyl groups is 1. The van der Waals surface area contributed by atoms with Gasteiger partial charge in [0.2, 0.25) is 0 Å². The first-order valence-electron chi connectivity index (χ1n) is 7.07. The average Bonchev–Trinajstić information content (AvgIpc) is 2.46. The molecule has 1 aliphatic heterocycles. The summed E-state index contributed by atoms with van der Waals surface area (Å²) in [6.45, 7) is 3.93. The van der Waals surface area contributed by atoms with Crippen LogP contribution in [0.5, 0.6) is 0 Å². The Morgan fingerprint density at radius 1 is 1.59 bits per heavy atom. The number of halogens is 2. The molecule has 7 heteroatoms. The van der Waals surface area contributed by atoms with Gasteiger partial charge >= 0.3 is 0 Å². The number of benzene rings is 1. The monoisotopic (exact) mass is 330 g/mol. The first-order valence-corrected chi connectivity index (χ1v) is 7.44. The average molecular weight is 331 g/mol. The number of aliphatic hydroxyl groups excluding tert-OH is 1. The van der Waals surface area contributed by atoms with Crippen molar-refractivity contribution in [3.05, 3.63) is 34.6 Å². The zero-order valence-corrected chi connectivity index (χ0v) is 13.3. The van der Waals surface area contributed by atoms with Gasteiger partial charge in [0.15, 0.2) is 0 Å². The molecule has 1 heterocycles. The fourth-order valence-electron chi connectivity index (χ4n) is 2.36. The lowest BCUT2D eigenvalue weighted by molar-refractivity contribution is -0.137. The molecule has 0 aliphatic carbocycles. The molecule has 0 unspecified atom stereocenters. The van der Waals surface area contributed by atoms with E-state index >= 15 is 0 Å². The van der Waals surface area contributed by atoms with Crippen LogP contribution in [0.15, 0.2) is 18.2 Å². The molecular weight excluding hydrogens is 311 g/mol. The second-order valence-electron chi connectivity index (χ2n) is 5.85. The maximum absolute atomic E-state index is 14.0. The Labute approximate surface area is 133 Å². The zero-order chi connectivity index (χ0) is 16.3. The highest BCUT2D eigenvalue weighted by Gasteiger charge is 2.32. The Kier molecular flexibility index (Phi) is 5.39. The normalized spacial score (nSPS) is 22.4. The SMILES string of the molecule is CC(C)(NC(=O)[C@@H]1CN[C@H](CO)CO1)c1ccc(Cl)cc1F. The molecule has 0 bridgehead atoms. The van der Waals surface area contributed by atoms with Crippen molar-refractivity contribution in [3.8, 4) is 0 Å². The Bertz CT molecular complexity index is 546. The van der Waals surface area contributed by atoms with Gasteiger partial charge in [-0.05, 0) is 26.0 Å². The fraction of sp³-hybridized carbons (Fsp3) is 0.533. The first kappa shape index (κ1) is 17.1. The van der Waals surface area contributed by atoms with E-state index in [1.54, 1.807) is 26.0 Å². The van der Waals surface area contributed by atoms with Crippen molar-refractivity contribution in [2.24, 2.45) is 0 Å². The van der Waals surface area contributed by atoms with Crippen LogP contribution >= 0.6 is 11.6 Å². The lowest BCUT2D eigenvalue weighted by atomic mass is 9.93. The Hall–Kier alpha value is -1.21. The molecule has 3 N–H and O–H groups in total. The number of carbonyl (C=O) groups is 1. The number of nitrogens with one attached hydrogen (secondary N) is 2. The molecule has 2 atom stereocenters. The van der Waals surface area contributed by atoms with Crippen LogP contribution in [0, 0.1) is 5.82 Å². The Morgan fingerprint density at radius 2 is 2.32 bits per heavy atom. The highest BCUT2D eigenvalue weighted by Crippen LogP contribution is 2.25. The van der Waals surface area contributed by atoms with E-state index in [2.05, 4.69) is 10.6 Å². The van der Waals surface area contributed by atoms with Crippen LogP contribution in [0.2, 0.25) is 5.02 Å². The molecule has 1 fully saturated rings. The minimum Gasteiger partial charge on any atom is -0.395 e. The second kappa shape index (κ2) is 6.91. The summed E-state index contributed by atoms with van der Waals surface area (Å²) in [5.74, 6) is -0.802. The van der Waals surface area contributed by atoms with Crippen molar-refractivity contribution in [2.45, 2.75) is 31.5 Å². The van der Waals surface area contributed by atoms with Gasteiger partial charge in [-0.3, -0.25) is 4.79 Å². The van der Waals surface area contributed by atoms with Crippen LogP contribution < -0.4 is 10.6 Å². The molecular formula is C15H20ClFN2O3. The van der Waals surface area contributed by atoms with Gasteiger partial charge in [0, 0.05) is 17.1 Å². The van der Waals surface area contributed by atoms with E-state index in [0.717, 1.165) is 0 Å². The van der Waals surface area contributed by atoms with E-state index in [1.165, 1.54) is 6.07 Å². The van der Waals surface area contributed by atoms with E-state index in [4.69, 9.17) is 21.4 Å². The van der Waals surface area contributed by atoms with Crippen LogP contribution in [-0.2, 0) is 15.1 Å². The van der Waals surface area contributed by atoms with Gasteiger partial charge in [0.1, 0.15) is 11.9 Å². The summed E-state index contributed by atoms with van der Waals surface area (Å²) < 4.78 is 19.5. The van der Waals surface area contributed by atoms with Crippen molar-refractivity contribution < 1.29 is 19.0 Å². The van der Waals surface area contributed by atoms with Gasteiger partial charge in [0.05, 0.1) is 24.8 Å². The minimum absolute atomic E-state index is 0.0458. The van der Waals surface area contributed by atoms with Crippen LogP contribution in [-0.4, -0.2) is 42.9 Å². The number of hydrogen-bond donors (Lipinski definition) is 3. The summed E-state index contributed by atoms with van der Waals surface area (Å²) in [5, 5.41) is 15.1. The molecule has 1 aliphatic rings. The molecule has 2 rings (SSSR count). The molecule has 1 saturated heterocycles. The number of amides is 1. The topological polar surface area (TPSA) is 70.6 Å². The van der Waals surface area contributed by atoms with Crippen molar-refractivity contribution in [1.82, 2.24) is 10.6 Å². The summed E-state index contributed by atoms with van der Waals surface area (Å²) in [6.07, 6.45) is -0.669. The number of morpholine rings is 1. The van der Waals surface area contributed by atoms with E-state index in [9.17, 15) is 9.18 Å². The molecule has 0 aromatic heterocycles. The maximum Gasteiger partial charge on any atom is 0.251 e. The van der Waals surface area contributed by atoms with Crippen LogP contribution in [0.3, 0.4) is 0 Å². The standard InChI is InChI=1S/C15H20ClFN2O3/c1-15(2,11-4-3-9(16)5-12(11)17)19-14(21)13-6-18-10(7-20)8-22-13/h3-5,10,13,18,20H,6-8H2,1-2H3,(H,19,21)/t10-,13+/m1/s1. The second-order valence-corrected chi connectivity index (χ2v) is 6.28. The van der Waals surface area contributed by atoms with Gasteiger partial charge in [-0.1, -0.05) is 17.7 Å². The lowest BCUT2D eigenvalue weighted by Crippen LogP contribution is -2.56. The van der Waals surface area contributed by atoms with Crippen LogP contribution in [0.4, 0.5) is 4.39 Å². The first-order chi connectivity index (χ1) is 10.3. The smallest absolute Gasteiger partial charge is 0.251 e. The van der Waals surface area contributed by atoms with E-state index in [-0.39, 0.29) is 25.2 Å². The fourth-order valence-corrected chi connectivity index (χ4v) is 2.52. The molecule has 0 saturated carbocycles. The largest absolute Gasteiger partial charge is 0.395 e. The maximum atomic E-state index is 14.0. The van der Waals surface area contributed by atoms with E-state index < -0.39 is 17.5 Å². The van der Waals surface area contributed by atoms with Gasteiger partial charge in [0.25, 0.3) is 5.91 Å². The number of hydrogen-bond acceptors (Lipinski definition) is 4. The molecule has 1 aromatic rings.